The van der Waals surface area contributed by atoms with E-state index in [1.54, 1.807) is 0 Å². The first-order chi connectivity index (χ1) is 17.3. The van der Waals surface area contributed by atoms with E-state index in [0.29, 0.717) is 0 Å². The fraction of sp³-hybridized carbons (Fsp3) is 0.250. The lowest BCUT2D eigenvalue weighted by Crippen LogP contribution is -2.03. The summed E-state index contributed by atoms with van der Waals surface area (Å²) in [5, 5.41) is 0. The van der Waals surface area contributed by atoms with Crippen LogP contribution in [0, 0.1) is 0 Å². The average Bonchev–Trinajstić information content (AvgIpc) is 2.90. The molecule has 4 rings (SSSR count). The Bertz CT molecular complexity index is 1090. The zero-order valence-electron chi connectivity index (χ0n) is 20.1. The molecule has 35 heavy (non-hydrogen) atoms. The van der Waals surface area contributed by atoms with Gasteiger partial charge in [0.05, 0.1) is 0 Å². The first kappa shape index (κ1) is 26.2. The minimum Gasteiger partial charge on any atom is -0.457 e. The van der Waals surface area contributed by atoms with Gasteiger partial charge in [0.25, 0.3) is 0 Å². The molecule has 0 saturated heterocycles. The second-order valence-electron chi connectivity index (χ2n) is 8.80. The summed E-state index contributed by atoms with van der Waals surface area (Å²) in [4.78, 5) is 0. The summed E-state index contributed by atoms with van der Waals surface area (Å²) in [5.41, 5.74) is 8.06. The number of alkyl halides is 2. The Morgan fingerprint density at radius 1 is 0.486 bits per heavy atom. The van der Waals surface area contributed by atoms with Crippen LogP contribution in [0.2, 0.25) is 0 Å². The van der Waals surface area contributed by atoms with Crippen molar-refractivity contribution in [2.45, 2.75) is 38.5 Å². The fourth-order valence-electron chi connectivity index (χ4n) is 4.52. The van der Waals surface area contributed by atoms with Crippen molar-refractivity contribution in [2.75, 3.05) is 8.86 Å². The highest BCUT2D eigenvalue weighted by Gasteiger charge is 2.16. The highest BCUT2D eigenvalue weighted by Crippen LogP contribution is 2.35. The van der Waals surface area contributed by atoms with Gasteiger partial charge in [-0.2, -0.15) is 0 Å². The van der Waals surface area contributed by atoms with Crippen LogP contribution in [0.1, 0.15) is 46.2 Å². The van der Waals surface area contributed by atoms with Crippen LogP contribution in [0.5, 0.6) is 11.5 Å². The zero-order chi connectivity index (χ0) is 24.3. The van der Waals surface area contributed by atoms with Crippen LogP contribution in [0.3, 0.4) is 0 Å². The molecule has 0 radical (unpaired) electrons. The minimum atomic E-state index is 0.885. The molecule has 0 spiro atoms. The lowest BCUT2D eigenvalue weighted by molar-refractivity contribution is 0.470. The van der Waals surface area contributed by atoms with Gasteiger partial charge in [-0.25, -0.2) is 0 Å². The summed E-state index contributed by atoms with van der Waals surface area (Å²) < 4.78 is 9.14. The molecule has 4 aromatic carbocycles. The van der Waals surface area contributed by atoms with Gasteiger partial charge in [0.1, 0.15) is 11.5 Å². The molecule has 180 valence electrons. The molecule has 0 aliphatic heterocycles. The quantitative estimate of drug-likeness (QED) is 0.107. The van der Waals surface area contributed by atoms with Gasteiger partial charge in [-0.1, -0.05) is 130 Å². The number of rotatable bonds is 12. The van der Waals surface area contributed by atoms with Crippen LogP contribution < -0.4 is 4.74 Å². The Labute approximate surface area is 237 Å². The Morgan fingerprint density at radius 3 is 1.31 bits per heavy atom. The SMILES string of the molecule is ICCCc1cccc(Oc2cccc(CCCI)c2Cc2ccccc2)c1Cc1ccccc1. The maximum absolute atomic E-state index is 6.82. The van der Waals surface area contributed by atoms with Crippen molar-refractivity contribution in [3.63, 3.8) is 0 Å². The smallest absolute Gasteiger partial charge is 0.131 e. The molecule has 0 heterocycles. The summed E-state index contributed by atoms with van der Waals surface area (Å²) >= 11 is 4.95. The topological polar surface area (TPSA) is 9.23 Å². The number of hydrogen-bond donors (Lipinski definition) is 0. The van der Waals surface area contributed by atoms with Gasteiger partial charge in [-0.15, -0.1) is 0 Å². The first-order valence-corrected chi connectivity index (χ1v) is 15.4. The van der Waals surface area contributed by atoms with Gasteiger partial charge in [-0.05, 0) is 68.9 Å². The molecule has 0 amide bonds. The van der Waals surface area contributed by atoms with E-state index < -0.39 is 0 Å². The Balaban J connectivity index is 1.73. The Hall–Kier alpha value is -1.86. The summed E-state index contributed by atoms with van der Waals surface area (Å²) in [6.07, 6.45) is 6.28. The molecule has 0 atom stereocenters. The van der Waals surface area contributed by atoms with Gasteiger partial charge >= 0.3 is 0 Å². The molecule has 0 N–H and O–H groups in total. The number of hydrogen-bond acceptors (Lipinski definition) is 1. The highest BCUT2D eigenvalue weighted by molar-refractivity contribution is 14.1. The van der Waals surface area contributed by atoms with E-state index in [0.717, 1.165) is 46.0 Å². The predicted octanol–water partition coefficient (Wildman–Crippen LogP) is 9.40. The third-order valence-electron chi connectivity index (χ3n) is 6.29. The van der Waals surface area contributed by atoms with E-state index in [4.69, 9.17) is 4.74 Å². The van der Waals surface area contributed by atoms with Gasteiger partial charge in [0, 0.05) is 24.0 Å². The van der Waals surface area contributed by atoms with Crippen LogP contribution in [-0.4, -0.2) is 8.86 Å². The second kappa shape index (κ2) is 14.0. The summed E-state index contributed by atoms with van der Waals surface area (Å²) in [7, 11) is 0. The molecule has 0 saturated carbocycles. The monoisotopic (exact) mass is 686 g/mol. The van der Waals surface area contributed by atoms with Crippen LogP contribution >= 0.6 is 45.2 Å². The third-order valence-corrected chi connectivity index (χ3v) is 7.81. The maximum atomic E-state index is 6.82. The van der Waals surface area contributed by atoms with Crippen molar-refractivity contribution in [2.24, 2.45) is 0 Å². The summed E-state index contributed by atoms with van der Waals surface area (Å²) in [5.74, 6) is 1.97. The van der Waals surface area contributed by atoms with Crippen LogP contribution in [0.4, 0.5) is 0 Å². The van der Waals surface area contributed by atoms with Crippen LogP contribution in [-0.2, 0) is 25.7 Å². The molecule has 0 unspecified atom stereocenters. The molecule has 1 nitrogen and oxygen atoms in total. The normalized spacial score (nSPS) is 10.9. The lowest BCUT2D eigenvalue weighted by atomic mass is 9.95. The van der Waals surface area contributed by atoms with Crippen LogP contribution in [0.15, 0.2) is 97.1 Å². The van der Waals surface area contributed by atoms with Gasteiger partial charge in [0.15, 0.2) is 0 Å². The molecule has 0 bridgehead atoms. The Kier molecular flexibility index (Phi) is 10.5. The second-order valence-corrected chi connectivity index (χ2v) is 11.0. The number of halogens is 2. The van der Waals surface area contributed by atoms with Crippen molar-refractivity contribution >= 4 is 45.2 Å². The Morgan fingerprint density at radius 2 is 0.914 bits per heavy atom. The minimum absolute atomic E-state index is 0.885. The molecule has 4 aromatic rings. The van der Waals surface area contributed by atoms with Crippen molar-refractivity contribution in [1.29, 1.82) is 0 Å². The van der Waals surface area contributed by atoms with Gasteiger partial charge in [0.2, 0.25) is 0 Å². The van der Waals surface area contributed by atoms with Gasteiger partial charge in [-0.3, -0.25) is 0 Å². The van der Waals surface area contributed by atoms with E-state index >= 15 is 0 Å². The standard InChI is InChI=1S/C32H32I2O/c33-21-9-17-27-15-7-19-31(29(27)23-25-11-3-1-4-12-25)35-32-20-8-16-28(18-10-22-34)30(32)24-26-13-5-2-6-14-26/h1-8,11-16,19-20H,9-10,17-18,21-24H2. The molecule has 0 aliphatic rings. The summed E-state index contributed by atoms with van der Waals surface area (Å²) in [6.45, 7) is 0. The first-order valence-electron chi connectivity index (χ1n) is 12.4. The van der Waals surface area contributed by atoms with E-state index in [1.165, 1.54) is 46.2 Å². The third kappa shape index (κ3) is 7.56. The van der Waals surface area contributed by atoms with Crippen molar-refractivity contribution in [3.8, 4) is 11.5 Å². The van der Waals surface area contributed by atoms with Crippen LogP contribution in [0.25, 0.3) is 0 Å². The molecule has 0 fully saturated rings. The van der Waals surface area contributed by atoms with Crippen molar-refractivity contribution < 1.29 is 4.74 Å². The molecule has 0 aromatic heterocycles. The fourth-order valence-corrected chi connectivity index (χ4v) is 5.28. The largest absolute Gasteiger partial charge is 0.457 e. The molecule has 0 aliphatic carbocycles. The van der Waals surface area contributed by atoms with E-state index in [9.17, 15) is 0 Å². The average molecular weight is 686 g/mol. The van der Waals surface area contributed by atoms with Gasteiger partial charge < -0.3 is 4.74 Å². The molecule has 3 heteroatoms. The summed E-state index contributed by atoms with van der Waals surface area (Å²) in [6, 6.07) is 34.7. The van der Waals surface area contributed by atoms with E-state index in [1.807, 2.05) is 0 Å². The predicted molar refractivity (Wildman–Crippen MR) is 166 cm³/mol. The highest BCUT2D eigenvalue weighted by atomic mass is 127. The lowest BCUT2D eigenvalue weighted by Gasteiger charge is -2.19. The molecular weight excluding hydrogens is 654 g/mol. The van der Waals surface area contributed by atoms with Crippen molar-refractivity contribution in [1.82, 2.24) is 0 Å². The van der Waals surface area contributed by atoms with Crippen molar-refractivity contribution in [3.05, 3.63) is 130 Å². The van der Waals surface area contributed by atoms with E-state index in [-0.39, 0.29) is 0 Å². The maximum Gasteiger partial charge on any atom is 0.131 e. The molecular formula is C32H32I2O. The van der Waals surface area contributed by atoms with E-state index in [2.05, 4.69) is 142 Å². The number of aryl methyl sites for hydroxylation is 2. The zero-order valence-corrected chi connectivity index (χ0v) is 24.4. The number of benzene rings is 4. The number of ether oxygens (including phenoxy) is 1.